The van der Waals surface area contributed by atoms with Crippen molar-refractivity contribution >= 4 is 23.6 Å². The first-order chi connectivity index (χ1) is 11.6. The molecule has 1 aliphatic heterocycles. The summed E-state index contributed by atoms with van der Waals surface area (Å²) in [5, 5.41) is 2.12. The van der Waals surface area contributed by atoms with Gasteiger partial charge in [0.05, 0.1) is 11.3 Å². The quantitative estimate of drug-likeness (QED) is 0.859. The molecule has 0 unspecified atom stereocenters. The number of hydrogen-bond acceptors (Lipinski definition) is 3. The predicted molar refractivity (Wildman–Crippen MR) is 90.8 cm³/mol. The van der Waals surface area contributed by atoms with Crippen LogP contribution in [0.5, 0.6) is 0 Å². The van der Waals surface area contributed by atoms with Crippen LogP contribution < -0.4 is 5.32 Å². The van der Waals surface area contributed by atoms with Crippen LogP contribution in [0.15, 0.2) is 24.3 Å². The van der Waals surface area contributed by atoms with E-state index < -0.39 is 23.2 Å². The maximum absolute atomic E-state index is 12.7. The second kappa shape index (κ2) is 7.68. The molecule has 0 aliphatic carbocycles. The molecule has 2 rings (SSSR count). The number of hydrogen-bond donors (Lipinski definition) is 1. The summed E-state index contributed by atoms with van der Waals surface area (Å²) in [5.41, 5.74) is -0.149. The third-order valence-electron chi connectivity index (χ3n) is 4.01. The van der Waals surface area contributed by atoms with Gasteiger partial charge in [0.15, 0.2) is 0 Å². The molecule has 1 saturated heterocycles. The van der Waals surface area contributed by atoms with Crippen molar-refractivity contribution in [3.05, 3.63) is 35.4 Å². The summed E-state index contributed by atoms with van der Waals surface area (Å²) in [7, 11) is 1.51. The number of rotatable bonds is 5. The lowest BCUT2D eigenvalue weighted by molar-refractivity contribution is -0.139. The van der Waals surface area contributed by atoms with Crippen molar-refractivity contribution in [2.24, 2.45) is 5.92 Å². The molecular weight excluding hydrogens is 353 g/mol. The van der Waals surface area contributed by atoms with Crippen molar-refractivity contribution in [3.63, 3.8) is 0 Å². The van der Waals surface area contributed by atoms with Gasteiger partial charge in [-0.25, -0.2) is 0 Å². The molecule has 25 heavy (non-hydrogen) atoms. The van der Waals surface area contributed by atoms with Gasteiger partial charge < -0.3 is 10.2 Å². The average molecular weight is 374 g/mol. The fraction of sp³-hybridized carbons (Fsp3) is 0.529. The fourth-order valence-corrected chi connectivity index (χ4v) is 4.05. The number of carbonyl (C=O) groups excluding carboxylic acids is 2. The van der Waals surface area contributed by atoms with Gasteiger partial charge in [-0.1, -0.05) is 26.0 Å². The zero-order valence-corrected chi connectivity index (χ0v) is 15.1. The van der Waals surface area contributed by atoms with E-state index in [9.17, 15) is 22.8 Å². The molecule has 1 heterocycles. The normalized spacial score (nSPS) is 19.4. The first kappa shape index (κ1) is 19.6. The molecule has 1 aliphatic rings. The van der Waals surface area contributed by atoms with Crippen LogP contribution >= 0.6 is 11.8 Å². The average Bonchev–Trinajstić information content (AvgIpc) is 2.92. The lowest BCUT2D eigenvalue weighted by atomic mass is 10.0. The summed E-state index contributed by atoms with van der Waals surface area (Å²) in [6.45, 7) is 3.91. The van der Waals surface area contributed by atoms with E-state index in [2.05, 4.69) is 5.32 Å². The maximum atomic E-state index is 12.7. The number of likely N-dealkylation sites (N-methyl/N-ethyl adjacent to an activating group) is 1. The zero-order valence-electron chi connectivity index (χ0n) is 14.3. The van der Waals surface area contributed by atoms with E-state index in [-0.39, 0.29) is 23.5 Å². The van der Waals surface area contributed by atoms with Crippen molar-refractivity contribution < 1.29 is 22.8 Å². The van der Waals surface area contributed by atoms with Crippen LogP contribution in [0.3, 0.4) is 0 Å². The van der Waals surface area contributed by atoms with Gasteiger partial charge in [0, 0.05) is 7.05 Å². The number of amides is 2. The highest BCUT2D eigenvalue weighted by Crippen LogP contribution is 2.41. The summed E-state index contributed by atoms with van der Waals surface area (Å²) in [5.74, 6) is -0.0448. The van der Waals surface area contributed by atoms with Gasteiger partial charge in [0.1, 0.15) is 11.4 Å². The minimum Gasteiger partial charge on any atom is -0.357 e. The van der Waals surface area contributed by atoms with Gasteiger partial charge in [-0.05, 0) is 30.0 Å². The summed E-state index contributed by atoms with van der Waals surface area (Å²) in [6, 6.07) is 4.13. The Hall–Kier alpha value is -1.70. The molecular formula is C17H21F3N2O2S. The Kier molecular flexibility index (Phi) is 6.03. The van der Waals surface area contributed by atoms with Crippen LogP contribution in [0, 0.1) is 5.92 Å². The number of nitrogens with zero attached hydrogens (tertiary/aromatic N) is 1. The molecule has 0 radical (unpaired) electrons. The summed E-state index contributed by atoms with van der Waals surface area (Å²) in [4.78, 5) is 26.2. The molecule has 1 aromatic carbocycles. The highest BCUT2D eigenvalue weighted by molar-refractivity contribution is 8.00. The van der Waals surface area contributed by atoms with Crippen LogP contribution in [0.1, 0.15) is 36.8 Å². The smallest absolute Gasteiger partial charge is 0.357 e. The highest BCUT2D eigenvalue weighted by Gasteiger charge is 2.41. The summed E-state index contributed by atoms with van der Waals surface area (Å²) in [6.07, 6.45) is -3.91. The van der Waals surface area contributed by atoms with Crippen molar-refractivity contribution in [1.29, 1.82) is 0 Å². The van der Waals surface area contributed by atoms with Crippen molar-refractivity contribution in [2.45, 2.75) is 37.9 Å². The first-order valence-corrected chi connectivity index (χ1v) is 9.01. The molecule has 1 fully saturated rings. The van der Waals surface area contributed by atoms with E-state index >= 15 is 0 Å². The standard InChI is InChI=1S/C17H21F3N2O2S/c1-10(2)8-13(15(24)21-3)22-14(23)9-25-16(22)11-4-6-12(7-5-11)17(18,19)20/h4-7,10,13,16H,8-9H2,1-3H3,(H,21,24)/t13-,16-/m1/s1. The first-order valence-electron chi connectivity index (χ1n) is 7.96. The fourth-order valence-electron chi connectivity index (χ4n) is 2.83. The molecule has 8 heteroatoms. The number of carbonyl (C=O) groups is 2. The Morgan fingerprint density at radius 1 is 1.32 bits per heavy atom. The highest BCUT2D eigenvalue weighted by atomic mass is 32.2. The molecule has 2 atom stereocenters. The molecule has 0 spiro atoms. The maximum Gasteiger partial charge on any atom is 0.416 e. The number of nitrogens with one attached hydrogen (secondary N) is 1. The van der Waals surface area contributed by atoms with E-state index in [4.69, 9.17) is 0 Å². The minimum absolute atomic E-state index is 0.177. The zero-order chi connectivity index (χ0) is 18.8. The van der Waals surface area contributed by atoms with Gasteiger partial charge in [-0.15, -0.1) is 11.8 Å². The molecule has 1 aromatic rings. The number of benzene rings is 1. The van der Waals surface area contributed by atoms with E-state index in [1.807, 2.05) is 13.8 Å². The van der Waals surface area contributed by atoms with E-state index in [0.29, 0.717) is 12.0 Å². The molecule has 2 amide bonds. The lowest BCUT2D eigenvalue weighted by Crippen LogP contribution is -2.48. The Morgan fingerprint density at radius 2 is 1.92 bits per heavy atom. The molecule has 138 valence electrons. The SMILES string of the molecule is CNC(=O)[C@@H](CC(C)C)N1C(=O)CS[C@@H]1c1ccc(C(F)(F)F)cc1. The van der Waals surface area contributed by atoms with Gasteiger partial charge in [-0.3, -0.25) is 9.59 Å². The van der Waals surface area contributed by atoms with E-state index in [0.717, 1.165) is 12.1 Å². The van der Waals surface area contributed by atoms with Gasteiger partial charge in [0.2, 0.25) is 11.8 Å². The summed E-state index contributed by atoms with van der Waals surface area (Å²) < 4.78 is 38.2. The predicted octanol–water partition coefficient (Wildman–Crippen LogP) is 3.44. The third kappa shape index (κ3) is 4.48. The third-order valence-corrected chi connectivity index (χ3v) is 5.24. The molecule has 0 bridgehead atoms. The minimum atomic E-state index is -4.40. The van der Waals surface area contributed by atoms with Crippen molar-refractivity contribution in [1.82, 2.24) is 10.2 Å². The number of alkyl halides is 3. The van der Waals surface area contributed by atoms with Crippen molar-refractivity contribution in [3.8, 4) is 0 Å². The van der Waals surface area contributed by atoms with Crippen LogP contribution in [0.4, 0.5) is 13.2 Å². The molecule has 0 aromatic heterocycles. The Morgan fingerprint density at radius 3 is 2.40 bits per heavy atom. The van der Waals surface area contributed by atoms with Crippen LogP contribution in [-0.2, 0) is 15.8 Å². The molecule has 4 nitrogen and oxygen atoms in total. The topological polar surface area (TPSA) is 49.4 Å². The van der Waals surface area contributed by atoms with Crippen LogP contribution in [0.25, 0.3) is 0 Å². The van der Waals surface area contributed by atoms with Gasteiger partial charge >= 0.3 is 6.18 Å². The molecule has 0 saturated carbocycles. The number of halogens is 3. The second-order valence-corrected chi connectivity index (χ2v) is 7.41. The van der Waals surface area contributed by atoms with Gasteiger partial charge in [0.25, 0.3) is 0 Å². The second-order valence-electron chi connectivity index (χ2n) is 6.34. The summed E-state index contributed by atoms with van der Waals surface area (Å²) >= 11 is 1.32. The van der Waals surface area contributed by atoms with Crippen molar-refractivity contribution in [2.75, 3.05) is 12.8 Å². The Bertz CT molecular complexity index is 632. The Balaban J connectivity index is 2.32. The number of thioether (sulfide) groups is 1. The Labute approximate surface area is 149 Å². The van der Waals surface area contributed by atoms with Crippen LogP contribution in [-0.4, -0.2) is 35.6 Å². The van der Waals surface area contributed by atoms with E-state index in [1.54, 1.807) is 0 Å². The lowest BCUT2D eigenvalue weighted by Gasteiger charge is -2.32. The monoisotopic (exact) mass is 374 g/mol. The van der Waals surface area contributed by atoms with Crippen LogP contribution in [0.2, 0.25) is 0 Å². The largest absolute Gasteiger partial charge is 0.416 e. The van der Waals surface area contributed by atoms with Gasteiger partial charge in [-0.2, -0.15) is 13.2 Å². The molecule has 1 N–H and O–H groups in total. The van der Waals surface area contributed by atoms with E-state index in [1.165, 1.54) is 35.8 Å².